The molecule has 4 nitrogen and oxygen atoms in total. The number of halogens is 2. The normalized spacial score (nSPS) is 24.9. The average Bonchev–Trinajstić information content (AvgIpc) is 2.43. The highest BCUT2D eigenvalue weighted by Crippen LogP contribution is 2.29. The molecule has 1 fully saturated rings. The van der Waals surface area contributed by atoms with E-state index in [9.17, 15) is 14.3 Å². The summed E-state index contributed by atoms with van der Waals surface area (Å²) in [5.41, 5.74) is 0.901. The predicted molar refractivity (Wildman–Crippen MR) is 82.9 cm³/mol. The molecule has 116 valence electrons. The molecule has 21 heavy (non-hydrogen) atoms. The van der Waals surface area contributed by atoms with Crippen LogP contribution in [-0.4, -0.2) is 46.2 Å². The fourth-order valence-corrected chi connectivity index (χ4v) is 3.17. The maximum atomic E-state index is 13.7. The van der Waals surface area contributed by atoms with Crippen molar-refractivity contribution in [3.8, 4) is 0 Å². The Bertz CT molecular complexity index is 540. The first kappa shape index (κ1) is 16.2. The highest BCUT2D eigenvalue weighted by molar-refractivity contribution is 9.10. The van der Waals surface area contributed by atoms with Gasteiger partial charge >= 0.3 is 6.09 Å². The fraction of sp³-hybridized carbons (Fsp3) is 0.533. The van der Waals surface area contributed by atoms with Crippen LogP contribution in [0.5, 0.6) is 0 Å². The summed E-state index contributed by atoms with van der Waals surface area (Å²) < 4.78 is 14.2. The zero-order valence-corrected chi connectivity index (χ0v) is 14.0. The van der Waals surface area contributed by atoms with E-state index < -0.39 is 6.09 Å². The molecule has 1 heterocycles. The van der Waals surface area contributed by atoms with E-state index in [1.54, 1.807) is 6.07 Å². The molecule has 0 bridgehead atoms. The molecule has 0 aliphatic carbocycles. The second-order valence-electron chi connectivity index (χ2n) is 5.68. The van der Waals surface area contributed by atoms with Crippen LogP contribution in [0.3, 0.4) is 0 Å². The molecule has 1 aromatic carbocycles. The van der Waals surface area contributed by atoms with Crippen molar-refractivity contribution in [2.45, 2.75) is 38.9 Å². The zero-order valence-electron chi connectivity index (χ0n) is 12.4. The molecule has 1 aromatic rings. The van der Waals surface area contributed by atoms with Gasteiger partial charge in [-0.1, -0.05) is 6.07 Å². The topological polar surface area (TPSA) is 43.8 Å². The van der Waals surface area contributed by atoms with Crippen molar-refractivity contribution < 1.29 is 14.3 Å². The third-order valence-electron chi connectivity index (χ3n) is 4.20. The second kappa shape index (κ2) is 6.32. The van der Waals surface area contributed by atoms with Gasteiger partial charge in [0.2, 0.25) is 0 Å². The van der Waals surface area contributed by atoms with Gasteiger partial charge in [-0.25, -0.2) is 9.18 Å². The van der Waals surface area contributed by atoms with Gasteiger partial charge in [0.25, 0.3) is 0 Å². The van der Waals surface area contributed by atoms with Crippen LogP contribution in [0.15, 0.2) is 22.7 Å². The first-order chi connectivity index (χ1) is 9.81. The third-order valence-corrected chi connectivity index (χ3v) is 4.85. The van der Waals surface area contributed by atoms with E-state index in [0.717, 1.165) is 5.56 Å². The van der Waals surface area contributed by atoms with Crippen LogP contribution in [0.1, 0.15) is 32.4 Å². The number of piperazine rings is 1. The van der Waals surface area contributed by atoms with E-state index >= 15 is 0 Å². The Morgan fingerprint density at radius 2 is 2.05 bits per heavy atom. The van der Waals surface area contributed by atoms with Gasteiger partial charge in [0, 0.05) is 31.2 Å². The van der Waals surface area contributed by atoms with E-state index in [1.165, 1.54) is 11.0 Å². The summed E-state index contributed by atoms with van der Waals surface area (Å²) in [4.78, 5) is 14.9. The Morgan fingerprint density at radius 3 is 2.62 bits per heavy atom. The molecule has 1 saturated heterocycles. The van der Waals surface area contributed by atoms with Crippen molar-refractivity contribution in [3.05, 3.63) is 34.1 Å². The molecule has 0 aromatic heterocycles. The summed E-state index contributed by atoms with van der Waals surface area (Å²) in [6.07, 6.45) is -0.878. The minimum atomic E-state index is -0.878. The number of rotatable bonds is 2. The van der Waals surface area contributed by atoms with Gasteiger partial charge in [0.05, 0.1) is 4.47 Å². The SMILES string of the molecule is CC(c1ccc(Br)c(F)c1)N1C[C@H](C)N(C(=O)O)C[C@H]1C. The van der Waals surface area contributed by atoms with Crippen LogP contribution in [0.25, 0.3) is 0 Å². The van der Waals surface area contributed by atoms with Gasteiger partial charge in [0.15, 0.2) is 0 Å². The number of hydrogen-bond donors (Lipinski definition) is 1. The van der Waals surface area contributed by atoms with E-state index in [1.807, 2.05) is 26.8 Å². The van der Waals surface area contributed by atoms with Crippen LogP contribution in [0.4, 0.5) is 9.18 Å². The summed E-state index contributed by atoms with van der Waals surface area (Å²) in [7, 11) is 0. The van der Waals surface area contributed by atoms with Gasteiger partial charge < -0.3 is 10.0 Å². The molecule has 0 saturated carbocycles. The Kier molecular flexibility index (Phi) is 4.88. The number of carbonyl (C=O) groups is 1. The van der Waals surface area contributed by atoms with Crippen molar-refractivity contribution in [1.82, 2.24) is 9.80 Å². The first-order valence-electron chi connectivity index (χ1n) is 7.01. The summed E-state index contributed by atoms with van der Waals surface area (Å²) in [5, 5.41) is 9.19. The highest BCUT2D eigenvalue weighted by Gasteiger charge is 2.34. The number of nitrogens with zero attached hydrogens (tertiary/aromatic N) is 2. The highest BCUT2D eigenvalue weighted by atomic mass is 79.9. The van der Waals surface area contributed by atoms with Crippen LogP contribution in [-0.2, 0) is 0 Å². The molecular weight excluding hydrogens is 339 g/mol. The maximum absolute atomic E-state index is 13.7. The fourth-order valence-electron chi connectivity index (χ4n) is 2.92. The van der Waals surface area contributed by atoms with Crippen LogP contribution in [0.2, 0.25) is 0 Å². The Balaban J connectivity index is 2.17. The molecule has 1 amide bonds. The lowest BCUT2D eigenvalue weighted by atomic mass is 10.0. The lowest BCUT2D eigenvalue weighted by molar-refractivity contribution is 0.0232. The monoisotopic (exact) mass is 358 g/mol. The molecule has 0 radical (unpaired) electrons. The molecule has 1 N–H and O–H groups in total. The minimum Gasteiger partial charge on any atom is -0.465 e. The minimum absolute atomic E-state index is 0.0426. The molecule has 1 aliphatic rings. The van der Waals surface area contributed by atoms with Gasteiger partial charge in [-0.05, 0) is 54.4 Å². The van der Waals surface area contributed by atoms with Crippen molar-refractivity contribution >= 4 is 22.0 Å². The molecule has 3 atom stereocenters. The van der Waals surface area contributed by atoms with Gasteiger partial charge in [-0.15, -0.1) is 0 Å². The van der Waals surface area contributed by atoms with E-state index in [0.29, 0.717) is 17.6 Å². The van der Waals surface area contributed by atoms with Crippen LogP contribution in [0, 0.1) is 5.82 Å². The number of hydrogen-bond acceptors (Lipinski definition) is 2. The quantitative estimate of drug-likeness (QED) is 0.875. The molecule has 0 spiro atoms. The molecule has 2 rings (SSSR count). The molecule has 1 aliphatic heterocycles. The Hall–Kier alpha value is -1.14. The van der Waals surface area contributed by atoms with Gasteiger partial charge in [0.1, 0.15) is 5.82 Å². The predicted octanol–water partition coefficient (Wildman–Crippen LogP) is 3.72. The lowest BCUT2D eigenvalue weighted by Gasteiger charge is -2.45. The van der Waals surface area contributed by atoms with Crippen molar-refractivity contribution in [3.63, 3.8) is 0 Å². The number of carboxylic acid groups (broad SMARTS) is 1. The van der Waals surface area contributed by atoms with E-state index in [4.69, 9.17) is 0 Å². The van der Waals surface area contributed by atoms with E-state index in [2.05, 4.69) is 20.8 Å². The molecule has 6 heteroatoms. The lowest BCUT2D eigenvalue weighted by Crippen LogP contribution is -2.58. The molecule has 1 unspecified atom stereocenters. The number of amides is 1. The summed E-state index contributed by atoms with van der Waals surface area (Å²) >= 11 is 3.16. The Labute approximate surface area is 132 Å². The maximum Gasteiger partial charge on any atom is 0.407 e. The third kappa shape index (κ3) is 3.37. The summed E-state index contributed by atoms with van der Waals surface area (Å²) in [6.45, 7) is 7.06. The molecular formula is C15H20BrFN2O2. The van der Waals surface area contributed by atoms with E-state index in [-0.39, 0.29) is 23.9 Å². The largest absolute Gasteiger partial charge is 0.465 e. The van der Waals surface area contributed by atoms with Crippen molar-refractivity contribution in [2.75, 3.05) is 13.1 Å². The number of benzene rings is 1. The van der Waals surface area contributed by atoms with Crippen LogP contribution < -0.4 is 0 Å². The van der Waals surface area contributed by atoms with Gasteiger partial charge in [-0.3, -0.25) is 4.90 Å². The average molecular weight is 359 g/mol. The standard InChI is InChI=1S/C15H20BrFN2O2/c1-9-8-19(15(20)21)10(2)7-18(9)11(3)12-4-5-13(16)14(17)6-12/h4-6,9-11H,7-8H2,1-3H3,(H,20,21)/t9-,10+,11?/m1/s1. The summed E-state index contributed by atoms with van der Waals surface area (Å²) in [5.74, 6) is -0.274. The van der Waals surface area contributed by atoms with Crippen molar-refractivity contribution in [1.29, 1.82) is 0 Å². The smallest absolute Gasteiger partial charge is 0.407 e. The van der Waals surface area contributed by atoms with Crippen LogP contribution >= 0.6 is 15.9 Å². The van der Waals surface area contributed by atoms with Crippen molar-refractivity contribution in [2.24, 2.45) is 0 Å². The first-order valence-corrected chi connectivity index (χ1v) is 7.80. The van der Waals surface area contributed by atoms with Gasteiger partial charge in [-0.2, -0.15) is 0 Å². The zero-order chi connectivity index (χ0) is 15.7. The summed E-state index contributed by atoms with van der Waals surface area (Å²) in [6, 6.07) is 5.22. The second-order valence-corrected chi connectivity index (χ2v) is 6.53. The Morgan fingerprint density at radius 1 is 1.38 bits per heavy atom.